The summed E-state index contributed by atoms with van der Waals surface area (Å²) >= 11 is 6.89. The summed E-state index contributed by atoms with van der Waals surface area (Å²) in [7, 11) is 0. The minimum Gasteiger partial charge on any atom is -0.348 e. The first kappa shape index (κ1) is 13.7. The second-order valence-electron chi connectivity index (χ2n) is 4.88. The van der Waals surface area contributed by atoms with Crippen molar-refractivity contribution < 1.29 is 13.6 Å². The summed E-state index contributed by atoms with van der Waals surface area (Å²) in [5, 5.41) is 2.67. The molecule has 1 saturated carbocycles. The van der Waals surface area contributed by atoms with Crippen molar-refractivity contribution in [1.29, 1.82) is 0 Å². The van der Waals surface area contributed by atoms with Crippen LogP contribution in [0.15, 0.2) is 12.1 Å². The van der Waals surface area contributed by atoms with Gasteiger partial charge in [-0.25, -0.2) is 8.78 Å². The van der Waals surface area contributed by atoms with E-state index < -0.39 is 12.0 Å². The number of alkyl halides is 2. The normalized spacial score (nSPS) is 26.9. The van der Waals surface area contributed by atoms with E-state index in [0.29, 0.717) is 15.6 Å². The molecule has 2 atom stereocenters. The van der Waals surface area contributed by atoms with E-state index in [9.17, 15) is 13.6 Å². The van der Waals surface area contributed by atoms with E-state index in [0.717, 1.165) is 11.3 Å². The van der Waals surface area contributed by atoms with Gasteiger partial charge in [0.05, 0.1) is 9.21 Å². The Kier molecular flexibility index (Phi) is 3.92. The van der Waals surface area contributed by atoms with Gasteiger partial charge in [0, 0.05) is 18.9 Å². The van der Waals surface area contributed by atoms with Gasteiger partial charge in [0.2, 0.25) is 5.92 Å². The van der Waals surface area contributed by atoms with Crippen LogP contribution in [-0.4, -0.2) is 17.9 Å². The molecule has 0 aliphatic heterocycles. The number of hydrogen-bond donors (Lipinski definition) is 1. The van der Waals surface area contributed by atoms with E-state index in [1.807, 2.05) is 0 Å². The molecule has 0 radical (unpaired) electrons. The van der Waals surface area contributed by atoms with Crippen molar-refractivity contribution in [2.24, 2.45) is 5.92 Å². The third kappa shape index (κ3) is 3.42. The van der Waals surface area contributed by atoms with Gasteiger partial charge in [-0.15, -0.1) is 11.3 Å². The van der Waals surface area contributed by atoms with Gasteiger partial charge in [-0.3, -0.25) is 4.79 Å². The molecule has 100 valence electrons. The number of carbonyl (C=O) groups excluding carboxylic acids is 1. The molecule has 1 amide bonds. The average molecular weight is 294 g/mol. The number of hydrogen-bond acceptors (Lipinski definition) is 2. The summed E-state index contributed by atoms with van der Waals surface area (Å²) in [5.74, 6) is -3.07. The van der Waals surface area contributed by atoms with Crippen molar-refractivity contribution in [1.82, 2.24) is 5.32 Å². The molecule has 1 aliphatic rings. The van der Waals surface area contributed by atoms with Crippen LogP contribution in [0.25, 0.3) is 0 Å². The third-order valence-corrected chi connectivity index (χ3v) is 4.24. The van der Waals surface area contributed by atoms with Crippen LogP contribution in [-0.2, 0) is 0 Å². The van der Waals surface area contributed by atoms with Crippen molar-refractivity contribution in [2.75, 3.05) is 0 Å². The zero-order valence-corrected chi connectivity index (χ0v) is 11.5. The van der Waals surface area contributed by atoms with E-state index in [1.165, 1.54) is 0 Å². The molecule has 1 heterocycles. The first-order chi connectivity index (χ1) is 8.35. The molecule has 0 aromatic carbocycles. The Hall–Kier alpha value is -0.680. The number of halogens is 3. The Morgan fingerprint density at radius 2 is 2.22 bits per heavy atom. The van der Waals surface area contributed by atoms with Crippen LogP contribution in [0.3, 0.4) is 0 Å². The lowest BCUT2D eigenvalue weighted by atomic mass is 9.84. The Balaban J connectivity index is 1.99. The first-order valence-electron chi connectivity index (χ1n) is 5.80. The molecule has 1 N–H and O–H groups in total. The second-order valence-corrected chi connectivity index (χ2v) is 6.59. The molecule has 0 spiro atoms. The largest absolute Gasteiger partial charge is 0.348 e. The predicted molar refractivity (Wildman–Crippen MR) is 68.5 cm³/mol. The van der Waals surface area contributed by atoms with Gasteiger partial charge in [0.25, 0.3) is 5.91 Å². The molecule has 2 rings (SSSR count). The van der Waals surface area contributed by atoms with Crippen LogP contribution in [0.5, 0.6) is 0 Å². The number of nitrogens with one attached hydrogen (secondary N) is 1. The second kappa shape index (κ2) is 5.13. The van der Waals surface area contributed by atoms with Crippen LogP contribution in [0.2, 0.25) is 4.34 Å². The Labute approximate surface area is 113 Å². The highest BCUT2D eigenvalue weighted by Crippen LogP contribution is 2.36. The summed E-state index contributed by atoms with van der Waals surface area (Å²) < 4.78 is 27.3. The lowest BCUT2D eigenvalue weighted by Crippen LogP contribution is -2.44. The van der Waals surface area contributed by atoms with E-state index in [-0.39, 0.29) is 24.7 Å². The van der Waals surface area contributed by atoms with Crippen molar-refractivity contribution >= 4 is 28.8 Å². The van der Waals surface area contributed by atoms with E-state index in [4.69, 9.17) is 11.6 Å². The van der Waals surface area contributed by atoms with E-state index >= 15 is 0 Å². The van der Waals surface area contributed by atoms with Crippen LogP contribution in [0.1, 0.15) is 35.9 Å². The quantitative estimate of drug-likeness (QED) is 0.879. The smallest absolute Gasteiger partial charge is 0.261 e. The summed E-state index contributed by atoms with van der Waals surface area (Å²) in [6.45, 7) is 1.79. The van der Waals surface area contributed by atoms with E-state index in [2.05, 4.69) is 5.32 Å². The Morgan fingerprint density at radius 1 is 1.50 bits per heavy atom. The summed E-state index contributed by atoms with van der Waals surface area (Å²) in [5.41, 5.74) is 0. The molecule has 1 aromatic heterocycles. The fourth-order valence-electron chi connectivity index (χ4n) is 2.41. The van der Waals surface area contributed by atoms with Crippen LogP contribution >= 0.6 is 22.9 Å². The monoisotopic (exact) mass is 293 g/mol. The van der Waals surface area contributed by atoms with Crippen molar-refractivity contribution in [3.05, 3.63) is 21.3 Å². The molecule has 6 heteroatoms. The zero-order valence-electron chi connectivity index (χ0n) is 9.88. The number of rotatable bonds is 2. The standard InChI is InChI=1S/C12H14ClF2NOS/c1-7-4-8(6-12(14,15)5-7)16-11(17)9-2-3-10(13)18-9/h2-3,7-8H,4-6H2,1H3,(H,16,17). The van der Waals surface area contributed by atoms with E-state index in [1.54, 1.807) is 19.1 Å². The molecule has 2 nitrogen and oxygen atoms in total. The Morgan fingerprint density at radius 3 is 2.78 bits per heavy atom. The lowest BCUT2D eigenvalue weighted by molar-refractivity contribution is -0.0590. The fraction of sp³-hybridized carbons (Fsp3) is 0.583. The van der Waals surface area contributed by atoms with Gasteiger partial charge in [-0.1, -0.05) is 18.5 Å². The van der Waals surface area contributed by atoms with Gasteiger partial charge in [0.15, 0.2) is 0 Å². The maximum atomic E-state index is 13.4. The summed E-state index contributed by atoms with van der Waals surface area (Å²) in [4.78, 5) is 12.3. The van der Waals surface area contributed by atoms with Crippen LogP contribution in [0.4, 0.5) is 8.78 Å². The zero-order chi connectivity index (χ0) is 13.3. The molecule has 2 unspecified atom stereocenters. The highest BCUT2D eigenvalue weighted by molar-refractivity contribution is 7.17. The van der Waals surface area contributed by atoms with Crippen molar-refractivity contribution in [3.63, 3.8) is 0 Å². The molecule has 1 aromatic rings. The molecular formula is C12H14ClF2NOS. The molecule has 1 aliphatic carbocycles. The molecular weight excluding hydrogens is 280 g/mol. The first-order valence-corrected chi connectivity index (χ1v) is 6.99. The van der Waals surface area contributed by atoms with Gasteiger partial charge >= 0.3 is 0 Å². The van der Waals surface area contributed by atoms with Gasteiger partial charge < -0.3 is 5.32 Å². The van der Waals surface area contributed by atoms with Crippen LogP contribution < -0.4 is 5.32 Å². The number of thiophene rings is 1. The van der Waals surface area contributed by atoms with Gasteiger partial charge in [0.1, 0.15) is 0 Å². The fourth-order valence-corrected chi connectivity index (χ4v) is 3.36. The Bertz CT molecular complexity index is 449. The third-order valence-electron chi connectivity index (χ3n) is 3.01. The summed E-state index contributed by atoms with van der Waals surface area (Å²) in [6, 6.07) is 2.77. The number of amides is 1. The highest BCUT2D eigenvalue weighted by atomic mass is 35.5. The predicted octanol–water partition coefficient (Wildman–Crippen LogP) is 3.96. The lowest BCUT2D eigenvalue weighted by Gasteiger charge is -2.33. The minimum atomic E-state index is -2.68. The van der Waals surface area contributed by atoms with Gasteiger partial charge in [-0.05, 0) is 24.5 Å². The maximum Gasteiger partial charge on any atom is 0.261 e. The molecule has 18 heavy (non-hydrogen) atoms. The molecule has 0 bridgehead atoms. The minimum absolute atomic E-state index is 0.0778. The SMILES string of the molecule is CC1CC(NC(=O)c2ccc(Cl)s2)CC(F)(F)C1. The maximum absolute atomic E-state index is 13.4. The highest BCUT2D eigenvalue weighted by Gasteiger charge is 2.40. The van der Waals surface area contributed by atoms with Crippen molar-refractivity contribution in [2.45, 2.75) is 38.2 Å². The average Bonchev–Trinajstić information content (AvgIpc) is 2.61. The summed E-state index contributed by atoms with van der Waals surface area (Å²) in [6.07, 6.45) is 0.229. The topological polar surface area (TPSA) is 29.1 Å². The van der Waals surface area contributed by atoms with Crippen molar-refractivity contribution in [3.8, 4) is 0 Å². The number of carbonyl (C=O) groups is 1. The van der Waals surface area contributed by atoms with Crippen LogP contribution in [0, 0.1) is 5.92 Å². The molecule has 1 fully saturated rings. The van der Waals surface area contributed by atoms with Gasteiger partial charge in [-0.2, -0.15) is 0 Å². The molecule has 0 saturated heterocycles.